The van der Waals surface area contributed by atoms with Crippen molar-refractivity contribution in [1.82, 2.24) is 4.90 Å². The van der Waals surface area contributed by atoms with Gasteiger partial charge in [-0.2, -0.15) is 0 Å². The molecule has 0 spiro atoms. The van der Waals surface area contributed by atoms with Crippen LogP contribution in [-0.4, -0.2) is 35.2 Å². The van der Waals surface area contributed by atoms with E-state index >= 15 is 0 Å². The Labute approximate surface area is 123 Å². The van der Waals surface area contributed by atoms with Crippen molar-refractivity contribution in [3.8, 4) is 0 Å². The summed E-state index contributed by atoms with van der Waals surface area (Å²) >= 11 is 0. The van der Waals surface area contributed by atoms with E-state index < -0.39 is 18.0 Å². The SMILES string of the molecule is C/C=C/[C@@H]1CN(C(=O)OCc2ccccc2)C[C@H]1C(=O)O. The van der Waals surface area contributed by atoms with E-state index in [4.69, 9.17) is 4.74 Å². The maximum Gasteiger partial charge on any atom is 0.410 e. The van der Waals surface area contributed by atoms with E-state index in [2.05, 4.69) is 0 Å². The van der Waals surface area contributed by atoms with Gasteiger partial charge in [-0.25, -0.2) is 4.79 Å². The number of benzene rings is 1. The molecule has 1 amide bonds. The number of hydrogen-bond acceptors (Lipinski definition) is 3. The summed E-state index contributed by atoms with van der Waals surface area (Å²) in [4.78, 5) is 24.7. The lowest BCUT2D eigenvalue weighted by Crippen LogP contribution is -2.30. The molecule has 2 rings (SSSR count). The number of likely N-dealkylation sites (tertiary alicyclic amines) is 1. The fourth-order valence-electron chi connectivity index (χ4n) is 2.49. The molecule has 0 bridgehead atoms. The van der Waals surface area contributed by atoms with Gasteiger partial charge >= 0.3 is 12.1 Å². The Bertz CT molecular complexity index is 526. The molecule has 2 atom stereocenters. The molecule has 0 saturated carbocycles. The number of allylic oxidation sites excluding steroid dienone is 1. The zero-order valence-corrected chi connectivity index (χ0v) is 11.9. The van der Waals surface area contributed by atoms with Crippen LogP contribution in [0, 0.1) is 11.8 Å². The molecule has 1 aromatic carbocycles. The van der Waals surface area contributed by atoms with Crippen LogP contribution in [0.2, 0.25) is 0 Å². The molecule has 0 unspecified atom stereocenters. The average molecular weight is 289 g/mol. The van der Waals surface area contributed by atoms with Gasteiger partial charge in [-0.05, 0) is 12.5 Å². The predicted octanol–water partition coefficient (Wildman–Crippen LogP) is 2.53. The van der Waals surface area contributed by atoms with Gasteiger partial charge in [0.1, 0.15) is 6.61 Å². The highest BCUT2D eigenvalue weighted by Crippen LogP contribution is 2.25. The molecule has 1 saturated heterocycles. The quantitative estimate of drug-likeness (QED) is 0.865. The topological polar surface area (TPSA) is 66.8 Å². The molecule has 0 aliphatic carbocycles. The van der Waals surface area contributed by atoms with Crippen molar-refractivity contribution in [2.75, 3.05) is 13.1 Å². The number of ether oxygens (including phenoxy) is 1. The van der Waals surface area contributed by atoms with Crippen molar-refractivity contribution in [2.45, 2.75) is 13.5 Å². The van der Waals surface area contributed by atoms with Crippen molar-refractivity contribution in [2.24, 2.45) is 11.8 Å². The normalized spacial score (nSPS) is 21.7. The maximum atomic E-state index is 12.0. The van der Waals surface area contributed by atoms with Crippen molar-refractivity contribution in [1.29, 1.82) is 0 Å². The van der Waals surface area contributed by atoms with Gasteiger partial charge in [0.2, 0.25) is 0 Å². The molecule has 1 aromatic rings. The third kappa shape index (κ3) is 3.84. The molecule has 5 nitrogen and oxygen atoms in total. The number of aliphatic carboxylic acids is 1. The number of carboxylic acid groups (broad SMARTS) is 1. The number of amides is 1. The fraction of sp³-hybridized carbons (Fsp3) is 0.375. The molecular formula is C16H19NO4. The van der Waals surface area contributed by atoms with E-state index in [9.17, 15) is 14.7 Å². The first-order chi connectivity index (χ1) is 10.1. The van der Waals surface area contributed by atoms with E-state index in [1.165, 1.54) is 4.90 Å². The van der Waals surface area contributed by atoms with Crippen molar-refractivity contribution in [3.05, 3.63) is 48.0 Å². The van der Waals surface area contributed by atoms with E-state index in [-0.39, 0.29) is 19.1 Å². The third-order valence-electron chi connectivity index (χ3n) is 3.59. The second-order valence-electron chi connectivity index (χ2n) is 5.08. The summed E-state index contributed by atoms with van der Waals surface area (Å²) in [6, 6.07) is 9.40. The van der Waals surface area contributed by atoms with Crippen LogP contribution in [0.4, 0.5) is 4.79 Å². The zero-order chi connectivity index (χ0) is 15.2. The van der Waals surface area contributed by atoms with Crippen molar-refractivity contribution >= 4 is 12.1 Å². The lowest BCUT2D eigenvalue weighted by atomic mass is 9.96. The Balaban J connectivity index is 1.93. The molecule has 1 aliphatic heterocycles. The highest BCUT2D eigenvalue weighted by Gasteiger charge is 2.38. The fourth-order valence-corrected chi connectivity index (χ4v) is 2.49. The first-order valence-electron chi connectivity index (χ1n) is 6.93. The summed E-state index contributed by atoms with van der Waals surface area (Å²) in [6.07, 6.45) is 3.19. The second kappa shape index (κ2) is 6.92. The van der Waals surface area contributed by atoms with Crippen LogP contribution in [0.3, 0.4) is 0 Å². The van der Waals surface area contributed by atoms with Gasteiger partial charge in [-0.1, -0.05) is 42.5 Å². The van der Waals surface area contributed by atoms with Gasteiger partial charge in [0.05, 0.1) is 5.92 Å². The number of rotatable bonds is 4. The summed E-state index contributed by atoms with van der Waals surface area (Å²) in [5.74, 6) is -1.60. The van der Waals surface area contributed by atoms with Crippen LogP contribution in [-0.2, 0) is 16.1 Å². The Morgan fingerprint density at radius 3 is 2.67 bits per heavy atom. The number of carbonyl (C=O) groups is 2. The standard InChI is InChI=1S/C16H19NO4/c1-2-6-13-9-17(10-14(13)15(18)19)16(20)21-11-12-7-4-3-5-8-12/h2-8,13-14H,9-11H2,1H3,(H,18,19)/b6-2+/t13-,14-/m1/s1. The lowest BCUT2D eigenvalue weighted by molar-refractivity contribution is -0.142. The lowest BCUT2D eigenvalue weighted by Gasteiger charge is -2.15. The summed E-state index contributed by atoms with van der Waals surface area (Å²) in [7, 11) is 0. The van der Waals surface area contributed by atoms with E-state index in [0.29, 0.717) is 6.54 Å². The van der Waals surface area contributed by atoms with Crippen molar-refractivity contribution < 1.29 is 19.4 Å². The van der Waals surface area contributed by atoms with Gasteiger partial charge < -0.3 is 14.7 Å². The van der Waals surface area contributed by atoms with Crippen molar-refractivity contribution in [3.63, 3.8) is 0 Å². The number of nitrogens with zero attached hydrogens (tertiary/aromatic N) is 1. The van der Waals surface area contributed by atoms with E-state index in [0.717, 1.165) is 5.56 Å². The van der Waals surface area contributed by atoms with Crippen LogP contribution >= 0.6 is 0 Å². The third-order valence-corrected chi connectivity index (χ3v) is 3.59. The van der Waals surface area contributed by atoms with Crippen LogP contribution in [0.5, 0.6) is 0 Å². The molecule has 21 heavy (non-hydrogen) atoms. The van der Waals surface area contributed by atoms with Crippen LogP contribution < -0.4 is 0 Å². The Morgan fingerprint density at radius 1 is 1.33 bits per heavy atom. The molecule has 1 heterocycles. The summed E-state index contributed by atoms with van der Waals surface area (Å²) in [5.41, 5.74) is 0.907. The second-order valence-corrected chi connectivity index (χ2v) is 5.08. The first kappa shape index (κ1) is 15.1. The summed E-state index contributed by atoms with van der Waals surface area (Å²) < 4.78 is 5.24. The van der Waals surface area contributed by atoms with Gasteiger partial charge in [-0.15, -0.1) is 0 Å². The van der Waals surface area contributed by atoms with Crippen LogP contribution in [0.25, 0.3) is 0 Å². The molecule has 112 valence electrons. The molecular weight excluding hydrogens is 270 g/mol. The minimum absolute atomic E-state index is 0.156. The van der Waals surface area contributed by atoms with Gasteiger partial charge in [-0.3, -0.25) is 4.79 Å². The minimum Gasteiger partial charge on any atom is -0.481 e. The van der Waals surface area contributed by atoms with E-state index in [1.807, 2.05) is 49.4 Å². The highest BCUT2D eigenvalue weighted by atomic mass is 16.6. The molecule has 0 aromatic heterocycles. The highest BCUT2D eigenvalue weighted by molar-refractivity contribution is 5.75. The van der Waals surface area contributed by atoms with E-state index in [1.54, 1.807) is 0 Å². The molecule has 1 N–H and O–H groups in total. The van der Waals surface area contributed by atoms with Gasteiger partial charge in [0.25, 0.3) is 0 Å². The minimum atomic E-state index is -0.878. The summed E-state index contributed by atoms with van der Waals surface area (Å²) in [5, 5.41) is 9.21. The molecule has 5 heteroatoms. The maximum absolute atomic E-state index is 12.0. The smallest absolute Gasteiger partial charge is 0.410 e. The Morgan fingerprint density at radius 2 is 2.05 bits per heavy atom. The summed E-state index contributed by atoms with van der Waals surface area (Å²) in [6.45, 7) is 2.62. The van der Waals surface area contributed by atoms with Crippen LogP contribution in [0.15, 0.2) is 42.5 Å². The van der Waals surface area contributed by atoms with Gasteiger partial charge in [0.15, 0.2) is 0 Å². The Hall–Kier alpha value is -2.30. The van der Waals surface area contributed by atoms with Gasteiger partial charge in [0, 0.05) is 19.0 Å². The monoisotopic (exact) mass is 289 g/mol. The predicted molar refractivity (Wildman–Crippen MR) is 77.6 cm³/mol. The number of hydrogen-bond donors (Lipinski definition) is 1. The first-order valence-corrected chi connectivity index (χ1v) is 6.93. The largest absolute Gasteiger partial charge is 0.481 e. The number of carbonyl (C=O) groups excluding carboxylic acids is 1. The van der Waals surface area contributed by atoms with Crippen LogP contribution in [0.1, 0.15) is 12.5 Å². The molecule has 1 fully saturated rings. The number of carboxylic acids is 1. The average Bonchev–Trinajstić information content (AvgIpc) is 2.90. The molecule has 0 radical (unpaired) electrons. The Kier molecular flexibility index (Phi) is 4.98. The molecule has 1 aliphatic rings. The zero-order valence-electron chi connectivity index (χ0n) is 11.9.